The molecule has 0 aliphatic heterocycles. The minimum Gasteiger partial charge on any atom is -0.503 e. The van der Waals surface area contributed by atoms with Crippen LogP contribution in [0.2, 0.25) is 0 Å². The largest absolute Gasteiger partial charge is 0.503 e. The molecule has 0 fully saturated rings. The first kappa shape index (κ1) is 14.5. The molecule has 0 saturated carbocycles. The summed E-state index contributed by atoms with van der Waals surface area (Å²) in [7, 11) is 1.45. The molecule has 0 radical (unpaired) electrons. The van der Waals surface area contributed by atoms with E-state index in [2.05, 4.69) is 15.9 Å². The van der Waals surface area contributed by atoms with Gasteiger partial charge in [0.15, 0.2) is 11.5 Å². The van der Waals surface area contributed by atoms with E-state index in [0.29, 0.717) is 15.8 Å². The smallest absolute Gasteiger partial charge is 0.172 e. The molecule has 15 heavy (non-hydrogen) atoms. The quantitative estimate of drug-likeness (QED) is 0.792. The van der Waals surface area contributed by atoms with Crippen molar-refractivity contribution in [3.05, 3.63) is 22.2 Å². The van der Waals surface area contributed by atoms with Crippen LogP contribution in [0.3, 0.4) is 0 Å². The van der Waals surface area contributed by atoms with E-state index < -0.39 is 6.04 Å². The second-order valence-corrected chi connectivity index (χ2v) is 3.70. The molecule has 1 atom stereocenters. The van der Waals surface area contributed by atoms with Crippen LogP contribution in [-0.4, -0.2) is 23.9 Å². The highest BCUT2D eigenvalue weighted by Crippen LogP contribution is 2.36. The molecule has 4 nitrogen and oxygen atoms in total. The minimum atomic E-state index is -0.471. The number of ether oxygens (including phenoxy) is 1. The number of aliphatic hydroxyl groups excluding tert-OH is 1. The zero-order valence-corrected chi connectivity index (χ0v) is 10.5. The first-order valence-electron chi connectivity index (χ1n) is 4.03. The summed E-state index contributed by atoms with van der Waals surface area (Å²) in [5.41, 5.74) is 6.33. The van der Waals surface area contributed by atoms with Crippen molar-refractivity contribution in [3.63, 3.8) is 0 Å². The number of halogens is 2. The van der Waals surface area contributed by atoms with Gasteiger partial charge in [-0.15, -0.1) is 12.4 Å². The molecule has 0 heterocycles. The van der Waals surface area contributed by atoms with Crippen molar-refractivity contribution in [2.45, 2.75) is 6.04 Å². The Kier molecular flexibility index (Phi) is 5.97. The molecule has 1 aromatic rings. The summed E-state index contributed by atoms with van der Waals surface area (Å²) in [5.74, 6) is 0.361. The zero-order chi connectivity index (χ0) is 10.7. The Bertz CT molecular complexity index is 335. The molecule has 1 aromatic carbocycles. The highest BCUT2D eigenvalue weighted by molar-refractivity contribution is 9.10. The van der Waals surface area contributed by atoms with E-state index in [1.807, 2.05) is 0 Å². The van der Waals surface area contributed by atoms with Gasteiger partial charge in [0, 0.05) is 0 Å². The highest BCUT2D eigenvalue weighted by Gasteiger charge is 2.12. The fourth-order valence-corrected chi connectivity index (χ4v) is 1.53. The van der Waals surface area contributed by atoms with Crippen molar-refractivity contribution in [1.29, 1.82) is 0 Å². The maximum atomic E-state index is 9.50. The summed E-state index contributed by atoms with van der Waals surface area (Å²) >= 11 is 3.17. The Morgan fingerprint density at radius 1 is 1.53 bits per heavy atom. The first-order chi connectivity index (χ1) is 6.60. The molecule has 0 aliphatic carbocycles. The second kappa shape index (κ2) is 6.17. The van der Waals surface area contributed by atoms with E-state index in [0.717, 1.165) is 0 Å². The maximum Gasteiger partial charge on any atom is 0.172 e. The number of phenols is 1. The summed E-state index contributed by atoms with van der Waals surface area (Å²) in [6.07, 6.45) is 0. The standard InChI is InChI=1S/C9H12BrNO3.ClH/c1-14-8-3-5(7(11)4-12)2-6(10)9(8)13;/h2-3,7,12-13H,4,11H2,1H3;1H/t7-;/m0./s1. The predicted octanol–water partition coefficient (Wildman–Crippen LogP) is 1.58. The summed E-state index contributed by atoms with van der Waals surface area (Å²) in [5, 5.41) is 18.4. The minimum absolute atomic E-state index is 0. The van der Waals surface area contributed by atoms with Crippen LogP contribution in [0.15, 0.2) is 16.6 Å². The Morgan fingerprint density at radius 2 is 2.13 bits per heavy atom. The first-order valence-corrected chi connectivity index (χ1v) is 4.82. The van der Waals surface area contributed by atoms with Crippen molar-refractivity contribution in [3.8, 4) is 11.5 Å². The van der Waals surface area contributed by atoms with Crippen LogP contribution in [0.5, 0.6) is 11.5 Å². The Hall–Kier alpha value is -0.490. The third-order valence-electron chi connectivity index (χ3n) is 1.90. The van der Waals surface area contributed by atoms with Gasteiger partial charge >= 0.3 is 0 Å². The third kappa shape index (κ3) is 3.24. The lowest BCUT2D eigenvalue weighted by Gasteiger charge is -2.12. The lowest BCUT2D eigenvalue weighted by molar-refractivity contribution is 0.267. The molecular formula is C9H13BrClNO3. The number of phenolic OH excluding ortho intramolecular Hbond substituents is 1. The summed E-state index contributed by atoms with van der Waals surface area (Å²) in [6.45, 7) is -0.152. The lowest BCUT2D eigenvalue weighted by atomic mass is 10.1. The number of hydrogen-bond acceptors (Lipinski definition) is 4. The van der Waals surface area contributed by atoms with Crippen molar-refractivity contribution < 1.29 is 14.9 Å². The SMILES string of the molecule is COc1cc([C@@H](N)CO)cc(Br)c1O.Cl. The van der Waals surface area contributed by atoms with Crippen molar-refractivity contribution in [2.75, 3.05) is 13.7 Å². The molecule has 0 aliphatic rings. The molecular weight excluding hydrogens is 285 g/mol. The van der Waals surface area contributed by atoms with Gasteiger partial charge in [0.2, 0.25) is 0 Å². The summed E-state index contributed by atoms with van der Waals surface area (Å²) in [6, 6.07) is 2.78. The van der Waals surface area contributed by atoms with Gasteiger partial charge in [-0.3, -0.25) is 0 Å². The Balaban J connectivity index is 0.00000196. The van der Waals surface area contributed by atoms with Crippen LogP contribution >= 0.6 is 28.3 Å². The molecule has 86 valence electrons. The lowest BCUT2D eigenvalue weighted by Crippen LogP contribution is -2.14. The average Bonchev–Trinajstić information content (AvgIpc) is 2.20. The van der Waals surface area contributed by atoms with Crippen LogP contribution in [0.4, 0.5) is 0 Å². The molecule has 0 aromatic heterocycles. The van der Waals surface area contributed by atoms with Gasteiger partial charge < -0.3 is 20.7 Å². The van der Waals surface area contributed by atoms with Crippen LogP contribution in [-0.2, 0) is 0 Å². The Labute approximate surface area is 103 Å². The Morgan fingerprint density at radius 3 is 2.60 bits per heavy atom. The highest BCUT2D eigenvalue weighted by atomic mass is 79.9. The average molecular weight is 299 g/mol. The topological polar surface area (TPSA) is 75.7 Å². The van der Waals surface area contributed by atoms with Gasteiger partial charge in [-0.1, -0.05) is 0 Å². The van der Waals surface area contributed by atoms with E-state index in [4.69, 9.17) is 15.6 Å². The van der Waals surface area contributed by atoms with Gasteiger partial charge in [0.25, 0.3) is 0 Å². The second-order valence-electron chi connectivity index (χ2n) is 2.84. The van der Waals surface area contributed by atoms with Crippen LogP contribution < -0.4 is 10.5 Å². The fourth-order valence-electron chi connectivity index (χ4n) is 1.07. The van der Waals surface area contributed by atoms with Crippen molar-refractivity contribution in [1.82, 2.24) is 0 Å². The van der Waals surface area contributed by atoms with Gasteiger partial charge in [0.05, 0.1) is 24.2 Å². The van der Waals surface area contributed by atoms with Crippen LogP contribution in [0.25, 0.3) is 0 Å². The monoisotopic (exact) mass is 297 g/mol. The molecule has 0 bridgehead atoms. The molecule has 1 rings (SSSR count). The maximum absolute atomic E-state index is 9.50. The van der Waals surface area contributed by atoms with Crippen molar-refractivity contribution in [2.24, 2.45) is 5.73 Å². The fraction of sp³-hybridized carbons (Fsp3) is 0.333. The summed E-state index contributed by atoms with van der Waals surface area (Å²) in [4.78, 5) is 0. The van der Waals surface area contributed by atoms with E-state index in [9.17, 15) is 5.11 Å². The molecule has 0 amide bonds. The van der Waals surface area contributed by atoms with Gasteiger partial charge in [0.1, 0.15) is 0 Å². The van der Waals surface area contributed by atoms with E-state index in [1.54, 1.807) is 12.1 Å². The number of hydrogen-bond donors (Lipinski definition) is 3. The number of methoxy groups -OCH3 is 1. The van der Waals surface area contributed by atoms with Gasteiger partial charge in [-0.25, -0.2) is 0 Å². The van der Waals surface area contributed by atoms with Gasteiger partial charge in [-0.05, 0) is 33.6 Å². The van der Waals surface area contributed by atoms with E-state index in [1.165, 1.54) is 7.11 Å². The van der Waals surface area contributed by atoms with Crippen LogP contribution in [0, 0.1) is 0 Å². The molecule has 6 heteroatoms. The molecule has 4 N–H and O–H groups in total. The molecule has 0 unspecified atom stereocenters. The van der Waals surface area contributed by atoms with Crippen LogP contribution in [0.1, 0.15) is 11.6 Å². The number of benzene rings is 1. The predicted molar refractivity (Wildman–Crippen MR) is 63.6 cm³/mol. The zero-order valence-electron chi connectivity index (χ0n) is 8.11. The van der Waals surface area contributed by atoms with E-state index in [-0.39, 0.29) is 24.8 Å². The van der Waals surface area contributed by atoms with Gasteiger partial charge in [-0.2, -0.15) is 0 Å². The van der Waals surface area contributed by atoms with Crippen molar-refractivity contribution >= 4 is 28.3 Å². The normalized spacial score (nSPS) is 11.7. The number of aliphatic hydroxyl groups is 1. The number of aromatic hydroxyl groups is 1. The molecule has 0 spiro atoms. The number of nitrogens with two attached hydrogens (primary N) is 1. The number of rotatable bonds is 3. The summed E-state index contributed by atoms with van der Waals surface area (Å²) < 4.78 is 5.44. The van der Waals surface area contributed by atoms with E-state index >= 15 is 0 Å². The third-order valence-corrected chi connectivity index (χ3v) is 2.50. The molecule has 0 saturated heterocycles.